The van der Waals surface area contributed by atoms with E-state index < -0.39 is 17.2 Å². The van der Waals surface area contributed by atoms with Crippen LogP contribution < -0.4 is 9.64 Å². The van der Waals surface area contributed by atoms with Crippen molar-refractivity contribution in [3.63, 3.8) is 0 Å². The third kappa shape index (κ3) is 4.75. The van der Waals surface area contributed by atoms with E-state index in [9.17, 15) is 14.6 Å². The van der Waals surface area contributed by atoms with Crippen LogP contribution in [0.4, 0.5) is 14.6 Å². The van der Waals surface area contributed by atoms with E-state index in [0.29, 0.717) is 66.0 Å². The van der Waals surface area contributed by atoms with E-state index in [1.54, 1.807) is 13.0 Å². The summed E-state index contributed by atoms with van der Waals surface area (Å²) in [5, 5.41) is 22.7. The summed E-state index contributed by atoms with van der Waals surface area (Å²) in [7, 11) is 0. The number of hydrogen-bond acceptors (Lipinski definition) is 8. The second-order valence-electron chi connectivity index (χ2n) is 13.0. The van der Waals surface area contributed by atoms with Gasteiger partial charge in [-0.2, -0.15) is 9.97 Å². The predicted molar refractivity (Wildman–Crippen MR) is 162 cm³/mol. The molecule has 3 atom stereocenters. The maximum Gasteiger partial charge on any atom is 0.319 e. The van der Waals surface area contributed by atoms with Gasteiger partial charge in [0.15, 0.2) is 5.82 Å². The van der Waals surface area contributed by atoms with Gasteiger partial charge in [0.1, 0.15) is 35.2 Å². The topological polar surface area (TPSA) is 94.8 Å². The van der Waals surface area contributed by atoms with E-state index in [2.05, 4.69) is 21.8 Å². The molecule has 2 aromatic carbocycles. The van der Waals surface area contributed by atoms with Crippen molar-refractivity contribution in [2.45, 2.75) is 64.0 Å². The molecule has 2 N–H and O–H groups in total. The Morgan fingerprint density at radius 1 is 1.14 bits per heavy atom. The van der Waals surface area contributed by atoms with Crippen LogP contribution in [0.15, 0.2) is 30.5 Å². The fourth-order valence-electron chi connectivity index (χ4n) is 7.69. The molecule has 0 spiro atoms. The lowest BCUT2D eigenvalue weighted by Gasteiger charge is -2.31. The van der Waals surface area contributed by atoms with Crippen LogP contribution in [-0.4, -0.2) is 74.0 Å². The molecule has 0 bridgehead atoms. The largest absolute Gasteiger partial charge is 0.508 e. The Morgan fingerprint density at radius 2 is 1.98 bits per heavy atom. The zero-order valence-corrected chi connectivity index (χ0v) is 24.8. The van der Waals surface area contributed by atoms with Gasteiger partial charge in [-0.25, -0.2) is 8.78 Å². The van der Waals surface area contributed by atoms with Crippen molar-refractivity contribution in [2.75, 3.05) is 37.7 Å². The zero-order chi connectivity index (χ0) is 30.1. The zero-order valence-electron chi connectivity index (χ0n) is 24.8. The van der Waals surface area contributed by atoms with Crippen LogP contribution in [0.2, 0.25) is 0 Å². The predicted octanol–water partition coefficient (Wildman–Crippen LogP) is 5.61. The number of aromatic hydroxyl groups is 1. The van der Waals surface area contributed by atoms with Crippen molar-refractivity contribution in [1.29, 1.82) is 0 Å². The van der Waals surface area contributed by atoms with Gasteiger partial charge in [-0.05, 0) is 86.0 Å². The summed E-state index contributed by atoms with van der Waals surface area (Å²) in [5.74, 6) is -0.145. The molecule has 226 valence electrons. The van der Waals surface area contributed by atoms with E-state index in [0.717, 1.165) is 32.4 Å². The van der Waals surface area contributed by atoms with Gasteiger partial charge in [-0.1, -0.05) is 19.9 Å². The third-order valence-electron chi connectivity index (χ3n) is 9.63. The lowest BCUT2D eigenvalue weighted by Crippen LogP contribution is -2.43. The molecule has 1 unspecified atom stereocenters. The second kappa shape index (κ2) is 10.2. The van der Waals surface area contributed by atoms with Crippen LogP contribution in [0.1, 0.15) is 52.0 Å². The minimum atomic E-state index is -0.908. The Morgan fingerprint density at radius 3 is 2.74 bits per heavy atom. The average molecular weight is 590 g/mol. The molecule has 4 aromatic rings. The summed E-state index contributed by atoms with van der Waals surface area (Å²) < 4.78 is 37.9. The maximum absolute atomic E-state index is 16.7. The first-order valence-electron chi connectivity index (χ1n) is 15.2. The molecule has 0 radical (unpaired) electrons. The Hall–Kier alpha value is -3.63. The highest BCUT2D eigenvalue weighted by Crippen LogP contribution is 2.43. The molecule has 0 aliphatic carbocycles. The minimum absolute atomic E-state index is 0.0306. The molecule has 3 fully saturated rings. The normalized spacial score (nSPS) is 25.7. The number of aliphatic hydroxyl groups is 1. The highest BCUT2D eigenvalue weighted by Gasteiger charge is 2.48. The van der Waals surface area contributed by atoms with Gasteiger partial charge in [0, 0.05) is 31.4 Å². The SMILES string of the molecule is CCc1c(F)ccc2cc(O)cc(-c3ncc4c(N5CCC(C)(O)C5)nc(OC[C@@]56CCCN5C[C@H](C)C6)nc4c3F)c12. The van der Waals surface area contributed by atoms with Crippen molar-refractivity contribution in [3.05, 3.63) is 47.7 Å². The molecule has 2 aromatic heterocycles. The Labute approximate surface area is 249 Å². The van der Waals surface area contributed by atoms with Crippen molar-refractivity contribution >= 4 is 27.5 Å². The summed E-state index contributed by atoms with van der Waals surface area (Å²) in [6.07, 6.45) is 5.63. The third-order valence-corrected chi connectivity index (χ3v) is 9.63. The number of aryl methyl sites for hydroxylation is 1. The molecular weight excluding hydrogens is 552 g/mol. The smallest absolute Gasteiger partial charge is 0.319 e. The fraction of sp³-hybridized carbons (Fsp3) is 0.485. The van der Waals surface area contributed by atoms with E-state index >= 15 is 4.39 Å². The van der Waals surface area contributed by atoms with Crippen molar-refractivity contribution in [2.24, 2.45) is 5.92 Å². The summed E-state index contributed by atoms with van der Waals surface area (Å²) in [5.41, 5.74) is -0.275. The van der Waals surface area contributed by atoms with Gasteiger partial charge < -0.3 is 19.8 Å². The molecule has 10 heteroatoms. The molecule has 3 saturated heterocycles. The number of ether oxygens (including phenoxy) is 1. The van der Waals surface area contributed by atoms with E-state index in [4.69, 9.17) is 9.72 Å². The van der Waals surface area contributed by atoms with Crippen LogP contribution in [0.3, 0.4) is 0 Å². The first-order valence-corrected chi connectivity index (χ1v) is 15.2. The fourth-order valence-corrected chi connectivity index (χ4v) is 7.69. The molecule has 3 aliphatic heterocycles. The molecule has 0 saturated carbocycles. The molecule has 7 rings (SSSR count). The highest BCUT2D eigenvalue weighted by atomic mass is 19.1. The number of β-amino-alcohol motifs (C(OH)–C–C–N with tert-alkyl or cyclic N) is 1. The number of pyridine rings is 1. The van der Waals surface area contributed by atoms with E-state index in [1.807, 2.05) is 11.8 Å². The van der Waals surface area contributed by atoms with E-state index in [-0.39, 0.29) is 34.1 Å². The van der Waals surface area contributed by atoms with Crippen LogP contribution >= 0.6 is 0 Å². The van der Waals surface area contributed by atoms with Gasteiger partial charge >= 0.3 is 6.01 Å². The second-order valence-corrected chi connectivity index (χ2v) is 13.0. The standard InChI is InChI=1S/C33H37F2N5O3/c1-4-22-25(34)7-6-20-12-21(41)13-23(26(20)22)28-27(35)29-24(15-36-28)30(39-11-9-32(3,42)17-39)38-31(37-29)43-18-33-8-5-10-40(33)16-19(2)14-33/h6-7,12-13,15,19,41-42H,4-5,8-11,14,16-18H2,1-3H3/t19-,32?,33+/m1/s1. The number of rotatable bonds is 6. The number of anilines is 1. The Balaban J connectivity index is 1.38. The molecule has 3 aliphatic rings. The number of phenols is 1. The highest BCUT2D eigenvalue weighted by molar-refractivity contribution is 6.01. The van der Waals surface area contributed by atoms with Crippen LogP contribution in [-0.2, 0) is 6.42 Å². The van der Waals surface area contributed by atoms with Crippen LogP contribution in [0.5, 0.6) is 11.8 Å². The first-order chi connectivity index (χ1) is 20.6. The van der Waals surface area contributed by atoms with Crippen LogP contribution in [0.25, 0.3) is 32.9 Å². The molecule has 0 amide bonds. The quantitative estimate of drug-likeness (QED) is 0.300. The Kier molecular flexibility index (Phi) is 6.70. The van der Waals surface area contributed by atoms with Gasteiger partial charge in [0.25, 0.3) is 0 Å². The van der Waals surface area contributed by atoms with Gasteiger partial charge in [-0.3, -0.25) is 9.88 Å². The number of benzene rings is 2. The number of hydrogen-bond donors (Lipinski definition) is 2. The van der Waals surface area contributed by atoms with E-state index in [1.165, 1.54) is 24.4 Å². The molecular formula is C33H37F2N5O3. The van der Waals surface area contributed by atoms with Gasteiger partial charge in [0.05, 0.1) is 16.5 Å². The number of fused-ring (bicyclic) bond motifs is 3. The van der Waals surface area contributed by atoms with Crippen molar-refractivity contribution in [3.8, 4) is 23.0 Å². The molecule has 8 nitrogen and oxygen atoms in total. The van der Waals surface area contributed by atoms with Gasteiger partial charge in [-0.15, -0.1) is 0 Å². The molecule has 43 heavy (non-hydrogen) atoms. The molecule has 5 heterocycles. The minimum Gasteiger partial charge on any atom is -0.508 e. The first kappa shape index (κ1) is 28.2. The number of aromatic nitrogens is 3. The number of nitrogens with zero attached hydrogens (tertiary/aromatic N) is 5. The lowest BCUT2D eigenvalue weighted by molar-refractivity contribution is 0.0838. The van der Waals surface area contributed by atoms with Crippen LogP contribution in [0, 0.1) is 17.6 Å². The monoisotopic (exact) mass is 589 g/mol. The summed E-state index contributed by atoms with van der Waals surface area (Å²) in [6.45, 7) is 9.23. The Bertz CT molecular complexity index is 1750. The average Bonchev–Trinajstić information content (AvgIpc) is 3.62. The number of halogens is 2. The number of phenolic OH excluding ortho intramolecular Hbond substituents is 1. The van der Waals surface area contributed by atoms with Crippen molar-refractivity contribution < 1.29 is 23.7 Å². The lowest BCUT2D eigenvalue weighted by atomic mass is 9.92. The summed E-state index contributed by atoms with van der Waals surface area (Å²) in [4.78, 5) is 18.3. The van der Waals surface area contributed by atoms with Crippen molar-refractivity contribution in [1.82, 2.24) is 19.9 Å². The summed E-state index contributed by atoms with van der Waals surface area (Å²) in [6, 6.07) is 5.97. The maximum atomic E-state index is 16.7. The van der Waals surface area contributed by atoms with Gasteiger partial charge in [0.2, 0.25) is 0 Å². The summed E-state index contributed by atoms with van der Waals surface area (Å²) >= 11 is 0.